The summed E-state index contributed by atoms with van der Waals surface area (Å²) in [6, 6.07) is 11.8. The number of hydrogen-bond donors (Lipinski definition) is 1. The van der Waals surface area contributed by atoms with Crippen molar-refractivity contribution in [2.24, 2.45) is 0 Å². The fraction of sp³-hybridized carbons (Fsp3) is 0.333. The van der Waals surface area contributed by atoms with Crippen LogP contribution in [0, 0.1) is 0 Å². The number of piperazine rings is 1. The quantitative estimate of drug-likeness (QED) is 0.533. The number of hydrogen-bond acceptors (Lipinski definition) is 6. The normalized spacial score (nSPS) is 15.1. The van der Waals surface area contributed by atoms with Gasteiger partial charge in [0, 0.05) is 60.4 Å². The van der Waals surface area contributed by atoms with Crippen molar-refractivity contribution in [2.45, 2.75) is 19.9 Å². The van der Waals surface area contributed by atoms with Gasteiger partial charge in [-0.1, -0.05) is 12.1 Å². The third-order valence-electron chi connectivity index (χ3n) is 5.98. The first-order valence-corrected chi connectivity index (χ1v) is 11.0. The van der Waals surface area contributed by atoms with Gasteiger partial charge in [0.05, 0.1) is 11.7 Å². The van der Waals surface area contributed by atoms with Crippen LogP contribution in [0.4, 0.5) is 11.6 Å². The second-order valence-corrected chi connectivity index (χ2v) is 8.62. The number of fused-ring (bicyclic) bond motifs is 3. The molecule has 3 heterocycles. The fourth-order valence-corrected chi connectivity index (χ4v) is 4.09. The Hall–Kier alpha value is -3.52. The summed E-state index contributed by atoms with van der Waals surface area (Å²) in [5, 5.41) is 9.82. The van der Waals surface area contributed by atoms with Crippen LogP contribution in [-0.2, 0) is 0 Å². The molecule has 1 aliphatic rings. The van der Waals surface area contributed by atoms with E-state index in [4.69, 9.17) is 4.98 Å². The van der Waals surface area contributed by atoms with Crippen molar-refractivity contribution >= 4 is 39.3 Å². The van der Waals surface area contributed by atoms with Gasteiger partial charge in [0.15, 0.2) is 0 Å². The third-order valence-corrected chi connectivity index (χ3v) is 5.98. The maximum absolute atomic E-state index is 12.8. The van der Waals surface area contributed by atoms with Crippen LogP contribution in [0.1, 0.15) is 30.2 Å². The summed E-state index contributed by atoms with van der Waals surface area (Å²) < 4.78 is 1.99. The molecule has 0 saturated carbocycles. The highest BCUT2D eigenvalue weighted by molar-refractivity contribution is 6.03. The van der Waals surface area contributed by atoms with Crippen LogP contribution in [0.2, 0.25) is 0 Å². The predicted molar refractivity (Wildman–Crippen MR) is 126 cm³/mol. The number of nitrogens with zero attached hydrogens (tertiary/aromatic N) is 6. The molecule has 8 heteroatoms. The van der Waals surface area contributed by atoms with Crippen molar-refractivity contribution < 1.29 is 4.79 Å². The van der Waals surface area contributed by atoms with Gasteiger partial charge in [-0.25, -0.2) is 9.97 Å². The molecule has 164 valence electrons. The van der Waals surface area contributed by atoms with E-state index in [-0.39, 0.29) is 11.9 Å². The molecule has 1 saturated heterocycles. The maximum atomic E-state index is 12.8. The van der Waals surface area contributed by atoms with Crippen molar-refractivity contribution in [3.63, 3.8) is 0 Å². The first-order chi connectivity index (χ1) is 15.5. The van der Waals surface area contributed by atoms with Crippen molar-refractivity contribution in [2.75, 3.05) is 38.5 Å². The van der Waals surface area contributed by atoms with E-state index in [1.54, 1.807) is 0 Å². The minimum Gasteiger partial charge on any atom is -0.336 e. The molecule has 4 aromatic rings. The van der Waals surface area contributed by atoms with Crippen molar-refractivity contribution in [1.29, 1.82) is 0 Å². The van der Waals surface area contributed by atoms with Crippen LogP contribution in [0.25, 0.3) is 21.8 Å². The lowest BCUT2D eigenvalue weighted by Crippen LogP contribution is -2.47. The van der Waals surface area contributed by atoms with Gasteiger partial charge in [0.1, 0.15) is 5.52 Å². The summed E-state index contributed by atoms with van der Waals surface area (Å²) in [7, 11) is 2.08. The van der Waals surface area contributed by atoms with Crippen molar-refractivity contribution in [3.05, 3.63) is 54.4 Å². The largest absolute Gasteiger partial charge is 0.336 e. The van der Waals surface area contributed by atoms with Crippen molar-refractivity contribution in [3.8, 4) is 0 Å². The van der Waals surface area contributed by atoms with Gasteiger partial charge in [-0.15, -0.1) is 0 Å². The average Bonchev–Trinajstić information content (AvgIpc) is 3.25. The molecule has 0 radical (unpaired) electrons. The molecule has 0 spiro atoms. The second kappa shape index (κ2) is 8.20. The molecule has 1 fully saturated rings. The Morgan fingerprint density at radius 1 is 0.969 bits per heavy atom. The number of nitrogens with one attached hydrogen (secondary N) is 1. The Kier molecular flexibility index (Phi) is 5.22. The minimum atomic E-state index is 0.0796. The molecule has 1 aliphatic heterocycles. The number of carbonyl (C=O) groups excluding carboxylic acids is 1. The number of rotatable bonds is 4. The molecule has 2 aromatic heterocycles. The molecule has 0 atom stereocenters. The number of carbonyl (C=O) groups is 1. The number of likely N-dealkylation sites (N-methyl/N-ethyl adjacent to an activating group) is 1. The number of anilines is 2. The molecule has 1 N–H and O–H groups in total. The lowest BCUT2D eigenvalue weighted by Gasteiger charge is -2.32. The van der Waals surface area contributed by atoms with Gasteiger partial charge in [-0.2, -0.15) is 5.10 Å². The highest BCUT2D eigenvalue weighted by Gasteiger charge is 2.20. The molecule has 2 aromatic carbocycles. The van der Waals surface area contributed by atoms with E-state index in [0.717, 1.165) is 53.7 Å². The van der Waals surface area contributed by atoms with Crippen molar-refractivity contribution in [1.82, 2.24) is 29.5 Å². The summed E-state index contributed by atoms with van der Waals surface area (Å²) in [5.41, 5.74) is 3.41. The molecule has 0 bridgehead atoms. The van der Waals surface area contributed by atoms with E-state index < -0.39 is 0 Å². The second-order valence-electron chi connectivity index (χ2n) is 8.62. The fourth-order valence-electron chi connectivity index (χ4n) is 4.09. The molecule has 1 amide bonds. The van der Waals surface area contributed by atoms with E-state index >= 15 is 0 Å². The smallest absolute Gasteiger partial charge is 0.253 e. The Balaban J connectivity index is 1.39. The van der Waals surface area contributed by atoms with Crippen LogP contribution < -0.4 is 5.32 Å². The molecule has 32 heavy (non-hydrogen) atoms. The van der Waals surface area contributed by atoms with Gasteiger partial charge in [0.25, 0.3) is 5.91 Å². The van der Waals surface area contributed by atoms with Gasteiger partial charge in [0.2, 0.25) is 5.95 Å². The number of aromatic nitrogens is 4. The Bertz CT molecular complexity index is 1270. The summed E-state index contributed by atoms with van der Waals surface area (Å²) in [6.45, 7) is 7.57. The SMILES string of the molecule is CC(C)n1ncc2ccc3cnc(Nc4ccc(C(=O)N5CCN(C)CC5)cc4)nc3c21. The number of benzene rings is 2. The van der Waals surface area contributed by atoms with Crippen LogP contribution in [0.5, 0.6) is 0 Å². The zero-order chi connectivity index (χ0) is 22.2. The standard InChI is InChI=1S/C24H27N7O/c1-16(2)31-22-19(15-26-31)5-4-18-14-25-24(28-21(18)22)27-20-8-6-17(7-9-20)23(32)30-12-10-29(3)11-13-30/h4-9,14-16H,10-13H2,1-3H3,(H,25,27,28). The molecule has 0 aliphatic carbocycles. The van der Waals surface area contributed by atoms with Gasteiger partial charge in [-0.05, 0) is 45.2 Å². The van der Waals surface area contributed by atoms with E-state index in [1.807, 2.05) is 52.3 Å². The van der Waals surface area contributed by atoms with Gasteiger partial charge < -0.3 is 15.1 Å². The van der Waals surface area contributed by atoms with Crippen LogP contribution >= 0.6 is 0 Å². The zero-order valence-electron chi connectivity index (χ0n) is 18.6. The topological polar surface area (TPSA) is 79.2 Å². The van der Waals surface area contributed by atoms with E-state index in [9.17, 15) is 4.79 Å². The van der Waals surface area contributed by atoms with E-state index in [2.05, 4.69) is 47.3 Å². The first kappa shape index (κ1) is 20.4. The molecular formula is C24H27N7O. The third kappa shape index (κ3) is 3.78. The minimum absolute atomic E-state index is 0.0796. The molecule has 8 nitrogen and oxygen atoms in total. The Morgan fingerprint density at radius 2 is 1.69 bits per heavy atom. The van der Waals surface area contributed by atoms with Crippen LogP contribution in [-0.4, -0.2) is 68.7 Å². The van der Waals surface area contributed by atoms with Crippen LogP contribution in [0.15, 0.2) is 48.8 Å². The predicted octanol–water partition coefficient (Wildman–Crippen LogP) is 3.69. The summed E-state index contributed by atoms with van der Waals surface area (Å²) in [5.74, 6) is 0.593. The molecule has 5 rings (SSSR count). The number of amides is 1. The summed E-state index contributed by atoms with van der Waals surface area (Å²) >= 11 is 0. The molecule has 0 unspecified atom stereocenters. The summed E-state index contributed by atoms with van der Waals surface area (Å²) in [6.07, 6.45) is 3.70. The first-order valence-electron chi connectivity index (χ1n) is 11.0. The molecular weight excluding hydrogens is 402 g/mol. The Morgan fingerprint density at radius 3 is 2.41 bits per heavy atom. The lowest BCUT2D eigenvalue weighted by atomic mass is 10.1. The maximum Gasteiger partial charge on any atom is 0.253 e. The lowest BCUT2D eigenvalue weighted by molar-refractivity contribution is 0.0664. The highest BCUT2D eigenvalue weighted by Crippen LogP contribution is 2.27. The monoisotopic (exact) mass is 429 g/mol. The Labute approximate surface area is 186 Å². The average molecular weight is 430 g/mol. The van der Waals surface area contributed by atoms with E-state index in [1.165, 1.54) is 0 Å². The summed E-state index contributed by atoms with van der Waals surface area (Å²) in [4.78, 5) is 26.2. The highest BCUT2D eigenvalue weighted by atomic mass is 16.2. The zero-order valence-corrected chi connectivity index (χ0v) is 18.6. The van der Waals surface area contributed by atoms with Gasteiger partial charge in [-0.3, -0.25) is 9.48 Å². The van der Waals surface area contributed by atoms with Crippen LogP contribution in [0.3, 0.4) is 0 Å². The van der Waals surface area contributed by atoms with E-state index in [0.29, 0.717) is 11.5 Å². The van der Waals surface area contributed by atoms with Gasteiger partial charge >= 0.3 is 0 Å².